The summed E-state index contributed by atoms with van der Waals surface area (Å²) in [7, 11) is 0. The lowest BCUT2D eigenvalue weighted by molar-refractivity contribution is 0.187. The number of nitrogens with one attached hydrogen (secondary N) is 1. The Labute approximate surface area is 194 Å². The predicted octanol–water partition coefficient (Wildman–Crippen LogP) is 5.03. The number of rotatable bonds is 6. The van der Waals surface area contributed by atoms with Crippen LogP contribution in [0.1, 0.15) is 18.0 Å². The fourth-order valence-corrected chi connectivity index (χ4v) is 5.25. The molecule has 33 heavy (non-hydrogen) atoms. The minimum absolute atomic E-state index is 0.238. The van der Waals surface area contributed by atoms with Gasteiger partial charge in [0.25, 0.3) is 0 Å². The molecule has 6 rings (SSSR count). The molecule has 1 fully saturated rings. The molecule has 1 aliphatic rings. The largest absolute Gasteiger partial charge is 0.508 e. The molecule has 0 spiro atoms. The molecule has 0 aliphatic carbocycles. The Morgan fingerprint density at radius 2 is 2.00 bits per heavy atom. The van der Waals surface area contributed by atoms with Crippen molar-refractivity contribution in [1.29, 1.82) is 0 Å². The van der Waals surface area contributed by atoms with Gasteiger partial charge in [0, 0.05) is 34.2 Å². The molecule has 1 saturated heterocycles. The van der Waals surface area contributed by atoms with E-state index in [1.54, 1.807) is 23.5 Å². The van der Waals surface area contributed by atoms with Crippen LogP contribution in [0.4, 0.5) is 5.82 Å². The Morgan fingerprint density at radius 3 is 2.85 bits per heavy atom. The van der Waals surface area contributed by atoms with Crippen LogP contribution in [0.5, 0.6) is 5.75 Å². The first-order chi connectivity index (χ1) is 16.3. The van der Waals surface area contributed by atoms with E-state index in [4.69, 9.17) is 14.7 Å². The molecule has 7 nitrogen and oxygen atoms in total. The van der Waals surface area contributed by atoms with Gasteiger partial charge in [0.2, 0.25) is 0 Å². The first-order valence-corrected chi connectivity index (χ1v) is 11.9. The van der Waals surface area contributed by atoms with Gasteiger partial charge in [-0.2, -0.15) is 0 Å². The van der Waals surface area contributed by atoms with Gasteiger partial charge < -0.3 is 19.7 Å². The van der Waals surface area contributed by atoms with Crippen LogP contribution in [-0.2, 0) is 11.2 Å². The van der Waals surface area contributed by atoms with Crippen molar-refractivity contribution < 1.29 is 9.84 Å². The molecule has 166 valence electrons. The van der Waals surface area contributed by atoms with Crippen LogP contribution in [0.3, 0.4) is 0 Å². The van der Waals surface area contributed by atoms with E-state index in [9.17, 15) is 5.11 Å². The summed E-state index contributed by atoms with van der Waals surface area (Å²) in [5, 5.41) is 16.3. The summed E-state index contributed by atoms with van der Waals surface area (Å²) < 4.78 is 8.97. The van der Waals surface area contributed by atoms with Crippen molar-refractivity contribution >= 4 is 38.4 Å². The van der Waals surface area contributed by atoms with Crippen molar-refractivity contribution in [3.63, 3.8) is 0 Å². The monoisotopic (exact) mass is 457 g/mol. The summed E-state index contributed by atoms with van der Waals surface area (Å²) in [6.45, 7) is 2.13. The molecule has 0 unspecified atom stereocenters. The zero-order valence-electron chi connectivity index (χ0n) is 17.9. The molecule has 0 saturated carbocycles. The maximum Gasteiger partial charge on any atom is 0.166 e. The molecule has 4 heterocycles. The molecule has 3 aromatic heterocycles. The highest BCUT2D eigenvalue weighted by Crippen LogP contribution is 2.34. The quantitative estimate of drug-likeness (QED) is 0.372. The van der Waals surface area contributed by atoms with E-state index in [-0.39, 0.29) is 11.8 Å². The number of hydrogen-bond donors (Lipinski definition) is 2. The minimum Gasteiger partial charge on any atom is -0.508 e. The second kappa shape index (κ2) is 8.46. The van der Waals surface area contributed by atoms with Crippen molar-refractivity contribution in [2.24, 2.45) is 0 Å². The second-order valence-corrected chi connectivity index (χ2v) is 9.14. The summed E-state index contributed by atoms with van der Waals surface area (Å²) in [6, 6.07) is 15.9. The van der Waals surface area contributed by atoms with E-state index < -0.39 is 0 Å². The van der Waals surface area contributed by atoms with Crippen molar-refractivity contribution in [3.05, 3.63) is 65.8 Å². The molecule has 0 bridgehead atoms. The number of thiophene rings is 1. The average Bonchev–Trinajstić information content (AvgIpc) is 3.59. The van der Waals surface area contributed by atoms with Gasteiger partial charge in [-0.25, -0.2) is 15.0 Å². The van der Waals surface area contributed by atoms with Crippen LogP contribution in [-0.4, -0.2) is 44.4 Å². The van der Waals surface area contributed by atoms with Crippen LogP contribution in [0.15, 0.2) is 60.2 Å². The van der Waals surface area contributed by atoms with E-state index in [0.29, 0.717) is 19.0 Å². The first-order valence-electron chi connectivity index (χ1n) is 11.1. The Hall–Kier alpha value is -3.49. The number of aromatic nitrogens is 4. The number of hydrogen-bond acceptors (Lipinski definition) is 7. The fraction of sp³-hybridized carbons (Fsp3) is 0.240. The SMILES string of the molecule is Oc1ccc(CCNc2nc(-c3csc4ccccc34)nc3c2ncn3[C@H]2CCOC2)cc1. The van der Waals surface area contributed by atoms with Gasteiger partial charge in [-0.05, 0) is 36.6 Å². The summed E-state index contributed by atoms with van der Waals surface area (Å²) in [5.41, 5.74) is 3.78. The van der Waals surface area contributed by atoms with Crippen LogP contribution in [0.25, 0.3) is 32.6 Å². The highest BCUT2D eigenvalue weighted by molar-refractivity contribution is 7.17. The van der Waals surface area contributed by atoms with Gasteiger partial charge in [0.05, 0.1) is 19.0 Å². The Bertz CT molecular complexity index is 1420. The molecule has 2 N–H and O–H groups in total. The van der Waals surface area contributed by atoms with Crippen molar-refractivity contribution in [3.8, 4) is 17.1 Å². The Kier molecular flexibility index (Phi) is 5.16. The topological polar surface area (TPSA) is 85.1 Å². The molecular formula is C25H23N5O2S. The third-order valence-corrected chi connectivity index (χ3v) is 7.05. The summed E-state index contributed by atoms with van der Waals surface area (Å²) >= 11 is 1.70. The van der Waals surface area contributed by atoms with Crippen LogP contribution in [0, 0.1) is 0 Å². The Balaban J connectivity index is 1.39. The maximum absolute atomic E-state index is 9.52. The lowest BCUT2D eigenvalue weighted by atomic mass is 10.1. The molecule has 2 aromatic carbocycles. The Morgan fingerprint density at radius 1 is 1.12 bits per heavy atom. The van der Waals surface area contributed by atoms with Crippen LogP contribution in [0.2, 0.25) is 0 Å². The highest BCUT2D eigenvalue weighted by Gasteiger charge is 2.23. The van der Waals surface area contributed by atoms with E-state index in [1.807, 2.05) is 24.5 Å². The fourth-order valence-electron chi connectivity index (χ4n) is 4.31. The number of phenols is 1. The molecule has 0 radical (unpaired) electrons. The number of ether oxygens (including phenoxy) is 1. The van der Waals surface area contributed by atoms with Crippen molar-refractivity contribution in [2.75, 3.05) is 25.1 Å². The standard InChI is InChI=1S/C25H23N5O2S/c31-18-7-5-16(6-8-18)9-11-26-24-22-25(30(15-27-22)17-10-12-32-13-17)29-23(28-24)20-14-33-21-4-2-1-3-19(20)21/h1-8,14-15,17,31H,9-13H2,(H,26,28,29)/t17-/m0/s1. The zero-order valence-corrected chi connectivity index (χ0v) is 18.8. The molecule has 1 aliphatic heterocycles. The van der Waals surface area contributed by atoms with Gasteiger partial charge in [0.15, 0.2) is 17.3 Å². The smallest absolute Gasteiger partial charge is 0.166 e. The van der Waals surface area contributed by atoms with Gasteiger partial charge >= 0.3 is 0 Å². The van der Waals surface area contributed by atoms with Crippen molar-refractivity contribution in [2.45, 2.75) is 18.9 Å². The number of fused-ring (bicyclic) bond motifs is 2. The summed E-state index contributed by atoms with van der Waals surface area (Å²) in [5.74, 6) is 1.72. The van der Waals surface area contributed by atoms with Gasteiger partial charge in [0.1, 0.15) is 11.3 Å². The van der Waals surface area contributed by atoms with E-state index >= 15 is 0 Å². The van der Waals surface area contributed by atoms with Crippen LogP contribution >= 0.6 is 11.3 Å². The number of imidazole rings is 1. The molecule has 5 aromatic rings. The molecule has 8 heteroatoms. The predicted molar refractivity (Wildman–Crippen MR) is 131 cm³/mol. The second-order valence-electron chi connectivity index (χ2n) is 8.23. The third kappa shape index (κ3) is 3.81. The zero-order chi connectivity index (χ0) is 22.2. The van der Waals surface area contributed by atoms with Gasteiger partial charge in [-0.15, -0.1) is 11.3 Å². The van der Waals surface area contributed by atoms with E-state index in [1.165, 1.54) is 4.70 Å². The number of anilines is 1. The normalized spacial score (nSPS) is 16.1. The molecule has 1 atom stereocenters. The van der Waals surface area contributed by atoms with Crippen molar-refractivity contribution in [1.82, 2.24) is 19.5 Å². The third-order valence-electron chi connectivity index (χ3n) is 6.08. The minimum atomic E-state index is 0.238. The average molecular weight is 458 g/mol. The van der Waals surface area contributed by atoms with E-state index in [0.717, 1.165) is 52.9 Å². The lowest BCUT2D eigenvalue weighted by Crippen LogP contribution is -2.11. The van der Waals surface area contributed by atoms with Gasteiger partial charge in [-0.1, -0.05) is 30.3 Å². The molecule has 0 amide bonds. The first kappa shape index (κ1) is 20.1. The maximum atomic E-state index is 9.52. The highest BCUT2D eigenvalue weighted by atomic mass is 32.1. The number of nitrogens with zero attached hydrogens (tertiary/aromatic N) is 4. The summed E-state index contributed by atoms with van der Waals surface area (Å²) in [4.78, 5) is 14.6. The van der Waals surface area contributed by atoms with Gasteiger partial charge in [-0.3, -0.25) is 0 Å². The van der Waals surface area contributed by atoms with E-state index in [2.05, 4.69) is 38.4 Å². The van der Waals surface area contributed by atoms with Crippen LogP contribution < -0.4 is 5.32 Å². The summed E-state index contributed by atoms with van der Waals surface area (Å²) in [6.07, 6.45) is 3.62. The number of aromatic hydroxyl groups is 1. The lowest BCUT2D eigenvalue weighted by Gasteiger charge is -2.12. The number of phenolic OH excluding ortho intramolecular Hbond substituents is 1. The number of benzene rings is 2. The molecular weight excluding hydrogens is 434 g/mol.